The van der Waals surface area contributed by atoms with Crippen molar-refractivity contribution in [2.24, 2.45) is 0 Å². The number of rotatable bonds is 7. The molecule has 0 aliphatic heterocycles. The second kappa shape index (κ2) is 7.83. The highest BCUT2D eigenvalue weighted by atomic mass is 16.5. The Hall–Kier alpha value is -2.82. The average Bonchev–Trinajstić information content (AvgIpc) is 2.54. The van der Waals surface area contributed by atoms with Gasteiger partial charge in [0.05, 0.1) is 19.1 Å². The van der Waals surface area contributed by atoms with Crippen LogP contribution in [0.2, 0.25) is 0 Å². The highest BCUT2D eigenvalue weighted by Crippen LogP contribution is 2.17. The molecule has 0 saturated heterocycles. The second-order valence-corrected chi connectivity index (χ2v) is 6.64. The van der Waals surface area contributed by atoms with Gasteiger partial charge in [0.25, 0.3) is 0 Å². The third kappa shape index (κ3) is 5.64. The maximum absolute atomic E-state index is 12.3. The first-order chi connectivity index (χ1) is 11.8. The van der Waals surface area contributed by atoms with E-state index in [-0.39, 0.29) is 17.9 Å². The number of carboxylic acid groups (broad SMARTS) is 1. The quantitative estimate of drug-likeness (QED) is 0.811. The number of aromatic carboxylic acids is 1. The van der Waals surface area contributed by atoms with Crippen molar-refractivity contribution in [3.8, 4) is 5.75 Å². The molecule has 2 N–H and O–H groups in total. The van der Waals surface area contributed by atoms with E-state index in [9.17, 15) is 9.59 Å². The van der Waals surface area contributed by atoms with Gasteiger partial charge < -0.3 is 15.2 Å². The fourth-order valence-electron chi connectivity index (χ4n) is 2.72. The summed E-state index contributed by atoms with van der Waals surface area (Å²) in [7, 11) is 1.62. The molecule has 25 heavy (non-hydrogen) atoms. The summed E-state index contributed by atoms with van der Waals surface area (Å²) in [6, 6.07) is 14.2. The molecule has 5 nitrogen and oxygen atoms in total. The summed E-state index contributed by atoms with van der Waals surface area (Å²) in [5.74, 6) is -0.341. The van der Waals surface area contributed by atoms with E-state index >= 15 is 0 Å². The highest BCUT2D eigenvalue weighted by molar-refractivity contribution is 5.88. The molecule has 0 heterocycles. The van der Waals surface area contributed by atoms with E-state index in [1.807, 2.05) is 38.1 Å². The lowest BCUT2D eigenvalue weighted by molar-refractivity contribution is -0.122. The van der Waals surface area contributed by atoms with Gasteiger partial charge in [-0.1, -0.05) is 24.3 Å². The van der Waals surface area contributed by atoms with Crippen LogP contribution in [0.25, 0.3) is 0 Å². The van der Waals surface area contributed by atoms with Crippen LogP contribution in [0.5, 0.6) is 5.75 Å². The zero-order valence-electron chi connectivity index (χ0n) is 14.7. The van der Waals surface area contributed by atoms with Crippen molar-refractivity contribution in [1.82, 2.24) is 5.32 Å². The maximum atomic E-state index is 12.3. The lowest BCUT2D eigenvalue weighted by atomic mass is 9.94. The Morgan fingerprint density at radius 1 is 1.08 bits per heavy atom. The van der Waals surface area contributed by atoms with E-state index in [4.69, 9.17) is 9.84 Å². The monoisotopic (exact) mass is 341 g/mol. The molecule has 0 fully saturated rings. The molecule has 0 aliphatic carbocycles. The first kappa shape index (κ1) is 18.5. The molecule has 132 valence electrons. The molecule has 1 amide bonds. The zero-order chi connectivity index (χ0) is 18.4. The number of amides is 1. The highest BCUT2D eigenvalue weighted by Gasteiger charge is 2.21. The van der Waals surface area contributed by atoms with Gasteiger partial charge in [-0.15, -0.1) is 0 Å². The van der Waals surface area contributed by atoms with E-state index in [1.54, 1.807) is 19.2 Å². The number of benzene rings is 2. The third-order valence-electron chi connectivity index (χ3n) is 3.82. The van der Waals surface area contributed by atoms with Gasteiger partial charge in [0, 0.05) is 5.54 Å². The van der Waals surface area contributed by atoms with E-state index in [0.717, 1.165) is 11.3 Å². The Kier molecular flexibility index (Phi) is 5.80. The van der Waals surface area contributed by atoms with E-state index in [1.165, 1.54) is 12.1 Å². The molecule has 0 saturated carbocycles. The summed E-state index contributed by atoms with van der Waals surface area (Å²) >= 11 is 0. The van der Waals surface area contributed by atoms with Crippen molar-refractivity contribution in [2.45, 2.75) is 32.2 Å². The van der Waals surface area contributed by atoms with Crippen molar-refractivity contribution in [2.75, 3.05) is 7.11 Å². The third-order valence-corrected chi connectivity index (χ3v) is 3.82. The molecule has 0 aliphatic rings. The van der Waals surface area contributed by atoms with Crippen LogP contribution in [-0.4, -0.2) is 29.6 Å². The second-order valence-electron chi connectivity index (χ2n) is 6.64. The van der Waals surface area contributed by atoms with E-state index in [0.29, 0.717) is 12.0 Å². The van der Waals surface area contributed by atoms with Crippen LogP contribution >= 0.6 is 0 Å². The van der Waals surface area contributed by atoms with Crippen LogP contribution in [0.1, 0.15) is 35.3 Å². The molecule has 0 bridgehead atoms. The standard InChI is InChI=1S/C20H23NO4/c1-20(2,13-14-7-9-17(25-3)10-8-14)21-18(22)12-15-5-4-6-16(11-15)19(23)24/h4-11H,12-13H2,1-3H3,(H,21,22)(H,23,24). The van der Waals surface area contributed by atoms with E-state index in [2.05, 4.69) is 5.32 Å². The van der Waals surface area contributed by atoms with Gasteiger partial charge >= 0.3 is 5.97 Å². The van der Waals surface area contributed by atoms with Crippen molar-refractivity contribution in [1.29, 1.82) is 0 Å². The van der Waals surface area contributed by atoms with Gasteiger partial charge in [-0.25, -0.2) is 4.79 Å². The van der Waals surface area contributed by atoms with Crippen LogP contribution in [0.4, 0.5) is 0 Å². The molecule has 2 rings (SSSR count). The molecular weight excluding hydrogens is 318 g/mol. The molecule has 0 aromatic heterocycles. The number of carbonyl (C=O) groups excluding carboxylic acids is 1. The first-order valence-electron chi connectivity index (χ1n) is 8.05. The number of methoxy groups -OCH3 is 1. The van der Waals surface area contributed by atoms with Crippen molar-refractivity contribution in [3.63, 3.8) is 0 Å². The summed E-state index contributed by atoms with van der Waals surface area (Å²) in [6.07, 6.45) is 0.824. The fraction of sp³-hybridized carbons (Fsp3) is 0.300. The Labute approximate surface area is 147 Å². The molecule has 5 heteroatoms. The van der Waals surface area contributed by atoms with Gasteiger partial charge in [-0.05, 0) is 55.7 Å². The van der Waals surface area contributed by atoms with Gasteiger partial charge in [-0.3, -0.25) is 4.79 Å². The van der Waals surface area contributed by atoms with Crippen LogP contribution in [0.15, 0.2) is 48.5 Å². The SMILES string of the molecule is COc1ccc(CC(C)(C)NC(=O)Cc2cccc(C(=O)O)c2)cc1. The van der Waals surface area contributed by atoms with Crippen molar-refractivity contribution < 1.29 is 19.4 Å². The molecular formula is C20H23NO4. The van der Waals surface area contributed by atoms with Crippen molar-refractivity contribution in [3.05, 3.63) is 65.2 Å². The fourth-order valence-corrected chi connectivity index (χ4v) is 2.72. The minimum absolute atomic E-state index is 0.138. The average molecular weight is 341 g/mol. The number of hydrogen-bond acceptors (Lipinski definition) is 3. The molecule has 0 atom stereocenters. The zero-order valence-corrected chi connectivity index (χ0v) is 14.7. The summed E-state index contributed by atoms with van der Waals surface area (Å²) in [4.78, 5) is 23.3. The number of carbonyl (C=O) groups is 2. The number of nitrogens with one attached hydrogen (secondary N) is 1. The van der Waals surface area contributed by atoms with Crippen LogP contribution < -0.4 is 10.1 Å². The normalized spacial score (nSPS) is 11.0. The minimum atomic E-state index is -0.998. The summed E-state index contributed by atoms with van der Waals surface area (Å²) in [6.45, 7) is 3.92. The molecule has 0 unspecified atom stereocenters. The first-order valence-corrected chi connectivity index (χ1v) is 8.05. The Morgan fingerprint density at radius 3 is 2.36 bits per heavy atom. The van der Waals surface area contributed by atoms with Gasteiger partial charge in [-0.2, -0.15) is 0 Å². The largest absolute Gasteiger partial charge is 0.497 e. The summed E-state index contributed by atoms with van der Waals surface area (Å²) in [5, 5.41) is 12.0. The number of ether oxygens (including phenoxy) is 1. The number of hydrogen-bond donors (Lipinski definition) is 2. The predicted molar refractivity (Wildman–Crippen MR) is 96.0 cm³/mol. The Balaban J connectivity index is 1.97. The van der Waals surface area contributed by atoms with Crippen LogP contribution in [0, 0.1) is 0 Å². The van der Waals surface area contributed by atoms with Crippen LogP contribution in [0.3, 0.4) is 0 Å². The molecule has 0 radical (unpaired) electrons. The Bertz CT molecular complexity index is 751. The topological polar surface area (TPSA) is 75.6 Å². The van der Waals surface area contributed by atoms with Crippen LogP contribution in [-0.2, 0) is 17.6 Å². The smallest absolute Gasteiger partial charge is 0.335 e. The number of carboxylic acids is 1. The summed E-state index contributed by atoms with van der Waals surface area (Å²) in [5.41, 5.74) is 1.54. The van der Waals surface area contributed by atoms with Gasteiger partial charge in [0.15, 0.2) is 0 Å². The lowest BCUT2D eigenvalue weighted by Crippen LogP contribution is -2.45. The molecule has 0 spiro atoms. The summed E-state index contributed by atoms with van der Waals surface area (Å²) < 4.78 is 5.15. The molecule has 2 aromatic carbocycles. The lowest BCUT2D eigenvalue weighted by Gasteiger charge is -2.26. The minimum Gasteiger partial charge on any atom is -0.497 e. The maximum Gasteiger partial charge on any atom is 0.335 e. The van der Waals surface area contributed by atoms with Crippen molar-refractivity contribution >= 4 is 11.9 Å². The van der Waals surface area contributed by atoms with E-state index < -0.39 is 11.5 Å². The Morgan fingerprint density at radius 2 is 1.76 bits per heavy atom. The molecule has 2 aromatic rings. The van der Waals surface area contributed by atoms with Gasteiger partial charge in [0.2, 0.25) is 5.91 Å². The predicted octanol–water partition coefficient (Wildman–Crippen LogP) is 3.07. The van der Waals surface area contributed by atoms with Gasteiger partial charge in [0.1, 0.15) is 5.75 Å².